The van der Waals surface area contributed by atoms with E-state index in [1.54, 1.807) is 0 Å². The lowest BCUT2D eigenvalue weighted by Gasteiger charge is -2.43. The second-order valence-corrected chi connectivity index (χ2v) is 8.06. The molecule has 0 spiro atoms. The van der Waals surface area contributed by atoms with Crippen LogP contribution in [0.2, 0.25) is 0 Å². The summed E-state index contributed by atoms with van der Waals surface area (Å²) in [6.07, 6.45) is 6.81. The van der Waals surface area contributed by atoms with Crippen molar-refractivity contribution in [3.63, 3.8) is 0 Å². The molecule has 0 saturated heterocycles. The molecule has 23 heavy (non-hydrogen) atoms. The van der Waals surface area contributed by atoms with Crippen molar-refractivity contribution in [2.24, 2.45) is 41.4 Å². The van der Waals surface area contributed by atoms with Gasteiger partial charge >= 0.3 is 11.9 Å². The van der Waals surface area contributed by atoms with Gasteiger partial charge in [-0.15, -0.1) is 0 Å². The van der Waals surface area contributed by atoms with Crippen molar-refractivity contribution in [1.29, 1.82) is 0 Å². The summed E-state index contributed by atoms with van der Waals surface area (Å²) in [4.78, 5) is 22.6. The van der Waals surface area contributed by atoms with Gasteiger partial charge in [-0.2, -0.15) is 0 Å². The Labute approximate surface area is 139 Å². The Morgan fingerprint density at radius 2 is 1.26 bits per heavy atom. The van der Waals surface area contributed by atoms with E-state index in [2.05, 4.69) is 20.8 Å². The Morgan fingerprint density at radius 3 is 1.52 bits per heavy atom. The van der Waals surface area contributed by atoms with Gasteiger partial charge in [0.05, 0.1) is 11.8 Å². The normalized spacial score (nSPS) is 39.6. The van der Waals surface area contributed by atoms with Gasteiger partial charge in [0, 0.05) is 0 Å². The zero-order chi connectivity index (χ0) is 17.1. The highest BCUT2D eigenvalue weighted by molar-refractivity contribution is 5.70. The van der Waals surface area contributed by atoms with Crippen LogP contribution in [0.1, 0.15) is 65.7 Å². The van der Waals surface area contributed by atoms with Crippen molar-refractivity contribution >= 4 is 11.9 Å². The van der Waals surface area contributed by atoms with Crippen LogP contribution in [0.15, 0.2) is 0 Å². The lowest BCUT2D eigenvalue weighted by molar-refractivity contribution is -0.145. The van der Waals surface area contributed by atoms with Crippen LogP contribution in [0, 0.1) is 41.4 Å². The molecule has 0 aliphatic heterocycles. The first-order valence-electron chi connectivity index (χ1n) is 9.30. The Balaban J connectivity index is 1.98. The SMILES string of the molecule is CCC(C1CCC(C(=O)O)C(C)C1)C1CCC(C(=O)O)C(C)C1. The molecular formula is C19H32O4. The van der Waals surface area contributed by atoms with E-state index in [0.717, 1.165) is 44.9 Å². The lowest BCUT2D eigenvalue weighted by atomic mass is 9.62. The molecule has 0 radical (unpaired) electrons. The summed E-state index contributed by atoms with van der Waals surface area (Å²) in [5, 5.41) is 18.6. The second-order valence-electron chi connectivity index (χ2n) is 8.06. The molecule has 2 rings (SSSR count). The molecule has 0 aromatic heterocycles. The average molecular weight is 324 g/mol. The minimum Gasteiger partial charge on any atom is -0.481 e. The van der Waals surface area contributed by atoms with E-state index in [1.165, 1.54) is 0 Å². The van der Waals surface area contributed by atoms with Gasteiger partial charge in [0.1, 0.15) is 0 Å². The number of carbonyl (C=O) groups is 2. The van der Waals surface area contributed by atoms with E-state index in [4.69, 9.17) is 0 Å². The molecule has 132 valence electrons. The number of carboxylic acids is 2. The van der Waals surface area contributed by atoms with E-state index in [9.17, 15) is 19.8 Å². The third kappa shape index (κ3) is 4.07. The van der Waals surface area contributed by atoms with Gasteiger partial charge in [0.15, 0.2) is 0 Å². The molecule has 0 amide bonds. The molecule has 6 atom stereocenters. The lowest BCUT2D eigenvalue weighted by Crippen LogP contribution is -2.37. The molecule has 2 fully saturated rings. The summed E-state index contributed by atoms with van der Waals surface area (Å²) in [5.74, 6) is 0.744. The predicted molar refractivity (Wildman–Crippen MR) is 89.0 cm³/mol. The van der Waals surface area contributed by atoms with E-state index in [0.29, 0.717) is 17.8 Å². The van der Waals surface area contributed by atoms with Gasteiger partial charge < -0.3 is 10.2 Å². The topological polar surface area (TPSA) is 74.6 Å². The highest BCUT2D eigenvalue weighted by atomic mass is 16.4. The largest absolute Gasteiger partial charge is 0.481 e. The summed E-state index contributed by atoms with van der Waals surface area (Å²) < 4.78 is 0. The van der Waals surface area contributed by atoms with E-state index in [-0.39, 0.29) is 23.7 Å². The molecule has 2 aliphatic carbocycles. The smallest absolute Gasteiger partial charge is 0.306 e. The first kappa shape index (κ1) is 18.3. The number of hydrogen-bond acceptors (Lipinski definition) is 2. The van der Waals surface area contributed by atoms with Gasteiger partial charge in [0.2, 0.25) is 0 Å². The van der Waals surface area contributed by atoms with Crippen molar-refractivity contribution in [2.45, 2.75) is 65.7 Å². The molecule has 2 aliphatic rings. The van der Waals surface area contributed by atoms with Crippen LogP contribution in [0.25, 0.3) is 0 Å². The number of hydrogen-bond donors (Lipinski definition) is 2. The maximum atomic E-state index is 11.3. The van der Waals surface area contributed by atoms with Gasteiger partial charge in [0.25, 0.3) is 0 Å². The quantitative estimate of drug-likeness (QED) is 0.791. The molecule has 0 aromatic rings. The minimum atomic E-state index is -0.639. The summed E-state index contributed by atoms with van der Waals surface area (Å²) in [5.41, 5.74) is 0. The highest BCUT2D eigenvalue weighted by Gasteiger charge is 2.40. The zero-order valence-corrected chi connectivity index (χ0v) is 14.7. The van der Waals surface area contributed by atoms with Crippen molar-refractivity contribution in [3.8, 4) is 0 Å². The summed E-state index contributed by atoms with van der Waals surface area (Å²) in [6, 6.07) is 0. The second kappa shape index (κ2) is 7.67. The first-order valence-corrected chi connectivity index (χ1v) is 9.30. The Hall–Kier alpha value is -1.06. The Kier molecular flexibility index (Phi) is 6.10. The third-order valence-corrected chi connectivity index (χ3v) is 6.74. The van der Waals surface area contributed by atoms with Gasteiger partial charge in [-0.25, -0.2) is 0 Å². The van der Waals surface area contributed by atoms with Crippen molar-refractivity contribution in [3.05, 3.63) is 0 Å². The molecule has 0 heterocycles. The van der Waals surface area contributed by atoms with Crippen LogP contribution in [0.4, 0.5) is 0 Å². The van der Waals surface area contributed by atoms with Gasteiger partial charge in [-0.3, -0.25) is 9.59 Å². The maximum absolute atomic E-state index is 11.3. The Bertz CT molecular complexity index is 395. The van der Waals surface area contributed by atoms with Crippen LogP contribution in [0.3, 0.4) is 0 Å². The van der Waals surface area contributed by atoms with Crippen LogP contribution in [-0.4, -0.2) is 22.2 Å². The zero-order valence-electron chi connectivity index (χ0n) is 14.7. The number of carboxylic acid groups (broad SMARTS) is 2. The standard InChI is InChI=1S/C19H32O4/c1-4-15(13-5-7-16(18(20)21)11(2)9-13)14-6-8-17(19(22)23)12(3)10-14/h11-17H,4-10H2,1-3H3,(H,20,21)(H,22,23). The number of rotatable bonds is 5. The molecule has 4 heteroatoms. The molecule has 0 aromatic carbocycles. The molecule has 0 bridgehead atoms. The van der Waals surface area contributed by atoms with Crippen molar-refractivity contribution in [2.75, 3.05) is 0 Å². The van der Waals surface area contributed by atoms with Crippen LogP contribution in [0.5, 0.6) is 0 Å². The monoisotopic (exact) mass is 324 g/mol. The molecule has 4 nitrogen and oxygen atoms in total. The van der Waals surface area contributed by atoms with Crippen molar-refractivity contribution < 1.29 is 19.8 Å². The fourth-order valence-electron chi connectivity index (χ4n) is 5.44. The van der Waals surface area contributed by atoms with Crippen LogP contribution < -0.4 is 0 Å². The molecule has 2 saturated carbocycles. The highest BCUT2D eigenvalue weighted by Crippen LogP contribution is 2.46. The van der Waals surface area contributed by atoms with Gasteiger partial charge in [-0.05, 0) is 68.1 Å². The average Bonchev–Trinajstić information content (AvgIpc) is 2.47. The number of aliphatic carboxylic acids is 2. The minimum absolute atomic E-state index is 0.176. The maximum Gasteiger partial charge on any atom is 0.306 e. The van der Waals surface area contributed by atoms with Crippen molar-refractivity contribution in [1.82, 2.24) is 0 Å². The van der Waals surface area contributed by atoms with Gasteiger partial charge in [-0.1, -0.05) is 27.2 Å². The summed E-state index contributed by atoms with van der Waals surface area (Å²) >= 11 is 0. The molecule has 2 N–H and O–H groups in total. The van der Waals surface area contributed by atoms with E-state index in [1.807, 2.05) is 0 Å². The Morgan fingerprint density at radius 1 is 0.870 bits per heavy atom. The van der Waals surface area contributed by atoms with E-state index >= 15 is 0 Å². The van der Waals surface area contributed by atoms with Crippen LogP contribution in [-0.2, 0) is 9.59 Å². The third-order valence-electron chi connectivity index (χ3n) is 6.74. The summed E-state index contributed by atoms with van der Waals surface area (Å²) in [6.45, 7) is 6.41. The first-order chi connectivity index (χ1) is 10.8. The molecule has 6 unspecified atom stereocenters. The summed E-state index contributed by atoms with van der Waals surface area (Å²) in [7, 11) is 0. The van der Waals surface area contributed by atoms with Crippen LogP contribution >= 0.6 is 0 Å². The van der Waals surface area contributed by atoms with E-state index < -0.39 is 11.9 Å². The molecular weight excluding hydrogens is 292 g/mol. The predicted octanol–water partition coefficient (Wildman–Crippen LogP) is 4.29. The fourth-order valence-corrected chi connectivity index (χ4v) is 5.44. The fraction of sp³-hybridized carbons (Fsp3) is 0.895.